The quantitative estimate of drug-likeness (QED) is 0.587. The lowest BCUT2D eigenvalue weighted by molar-refractivity contribution is -0.128. The molecule has 0 atom stereocenters. The van der Waals surface area contributed by atoms with Gasteiger partial charge in [-0.3, -0.25) is 9.89 Å². The summed E-state index contributed by atoms with van der Waals surface area (Å²) < 4.78 is 10.8. The minimum absolute atomic E-state index is 0.191. The van der Waals surface area contributed by atoms with Crippen molar-refractivity contribution in [2.24, 2.45) is 5.41 Å². The number of hydrogen-bond donors (Lipinski definition) is 2. The van der Waals surface area contributed by atoms with Crippen molar-refractivity contribution in [3.05, 3.63) is 30.6 Å². The third kappa shape index (κ3) is 3.69. The van der Waals surface area contributed by atoms with Gasteiger partial charge in [-0.1, -0.05) is 0 Å². The maximum Gasteiger partial charge on any atom is 0.226 e. The summed E-state index contributed by atoms with van der Waals surface area (Å²) in [6.07, 6.45) is 4.22. The Bertz CT molecular complexity index is 1090. The summed E-state index contributed by atoms with van der Waals surface area (Å²) in [5.41, 5.74) is 2.24. The molecule has 2 N–H and O–H groups in total. The van der Waals surface area contributed by atoms with Crippen molar-refractivity contribution in [1.29, 1.82) is 0 Å². The van der Waals surface area contributed by atoms with E-state index < -0.39 is 0 Å². The Kier molecular flexibility index (Phi) is 5.19. The average molecular weight is 422 g/mol. The number of methoxy groups -OCH3 is 1. The average Bonchev–Trinajstić information content (AvgIpc) is 3.38. The van der Waals surface area contributed by atoms with Crippen molar-refractivity contribution < 1.29 is 14.3 Å². The molecule has 0 saturated carbocycles. The fourth-order valence-electron chi connectivity index (χ4n) is 4.53. The Morgan fingerprint density at radius 2 is 2.00 bits per heavy atom. The molecule has 2 aliphatic heterocycles. The third-order valence-electron chi connectivity index (χ3n) is 6.40. The highest BCUT2D eigenvalue weighted by Crippen LogP contribution is 2.39. The summed E-state index contributed by atoms with van der Waals surface area (Å²) in [6, 6.07) is 7.80. The van der Waals surface area contributed by atoms with Crippen LogP contribution in [-0.4, -0.2) is 66.0 Å². The smallest absolute Gasteiger partial charge is 0.226 e. The van der Waals surface area contributed by atoms with E-state index in [1.807, 2.05) is 24.3 Å². The van der Waals surface area contributed by atoms with Crippen LogP contribution in [0.25, 0.3) is 22.3 Å². The lowest BCUT2D eigenvalue weighted by Crippen LogP contribution is -2.44. The van der Waals surface area contributed by atoms with Crippen molar-refractivity contribution in [3.8, 4) is 17.1 Å². The zero-order chi connectivity index (χ0) is 21.3. The molecular weight excluding hydrogens is 396 g/mol. The monoisotopic (exact) mass is 422 g/mol. The normalized spacial score (nSPS) is 18.0. The zero-order valence-corrected chi connectivity index (χ0v) is 17.6. The van der Waals surface area contributed by atoms with Crippen LogP contribution < -0.4 is 15.0 Å². The predicted molar refractivity (Wildman–Crippen MR) is 116 cm³/mol. The molecule has 3 aromatic rings. The largest absolute Gasteiger partial charge is 0.491 e. The molecule has 162 valence electrons. The summed E-state index contributed by atoms with van der Waals surface area (Å²) in [5, 5.41) is 11.5. The highest BCUT2D eigenvalue weighted by Gasteiger charge is 2.44. The zero-order valence-electron chi connectivity index (χ0n) is 17.6. The van der Waals surface area contributed by atoms with Crippen LogP contribution in [0.5, 0.6) is 5.75 Å². The van der Waals surface area contributed by atoms with E-state index in [2.05, 4.69) is 30.4 Å². The highest BCUT2D eigenvalue weighted by molar-refractivity contribution is 5.93. The van der Waals surface area contributed by atoms with Crippen LogP contribution >= 0.6 is 0 Å². The first-order valence-electron chi connectivity index (χ1n) is 10.6. The van der Waals surface area contributed by atoms with E-state index in [9.17, 15) is 4.79 Å². The van der Waals surface area contributed by atoms with Gasteiger partial charge in [-0.15, -0.1) is 0 Å². The number of carbonyl (C=O) groups is 1. The van der Waals surface area contributed by atoms with E-state index in [1.54, 1.807) is 13.4 Å². The van der Waals surface area contributed by atoms with Gasteiger partial charge in [0.15, 0.2) is 0 Å². The minimum Gasteiger partial charge on any atom is -0.491 e. The third-order valence-corrected chi connectivity index (χ3v) is 6.40. The molecule has 9 heteroatoms. The van der Waals surface area contributed by atoms with Crippen LogP contribution in [0.2, 0.25) is 0 Å². The molecule has 0 radical (unpaired) electrons. The molecule has 5 rings (SSSR count). The number of fused-ring (bicyclic) bond motifs is 1. The first-order chi connectivity index (χ1) is 15.2. The lowest BCUT2D eigenvalue weighted by atomic mass is 9.77. The molecular formula is C22H26N6O3. The van der Waals surface area contributed by atoms with Crippen LogP contribution in [0.15, 0.2) is 30.6 Å². The number of rotatable bonds is 6. The van der Waals surface area contributed by atoms with Crippen LogP contribution in [0.4, 0.5) is 5.82 Å². The molecule has 4 heterocycles. The number of H-pyrrole nitrogens is 1. The molecule has 2 fully saturated rings. The second kappa shape index (κ2) is 8.14. The molecule has 1 amide bonds. The van der Waals surface area contributed by atoms with Gasteiger partial charge in [-0.25, -0.2) is 9.97 Å². The summed E-state index contributed by atoms with van der Waals surface area (Å²) in [6.45, 7) is 3.43. The van der Waals surface area contributed by atoms with Gasteiger partial charge in [0, 0.05) is 38.2 Å². The molecule has 2 aromatic heterocycles. The van der Waals surface area contributed by atoms with Crippen molar-refractivity contribution in [3.63, 3.8) is 0 Å². The Morgan fingerprint density at radius 1 is 1.13 bits per heavy atom. The number of aromatic amines is 1. The van der Waals surface area contributed by atoms with Gasteiger partial charge in [0.25, 0.3) is 0 Å². The number of amides is 1. The Labute approximate surface area is 180 Å². The number of aromatic nitrogens is 4. The Balaban J connectivity index is 1.37. The van der Waals surface area contributed by atoms with Crippen LogP contribution in [0.1, 0.15) is 19.3 Å². The van der Waals surface area contributed by atoms with E-state index in [1.165, 1.54) is 0 Å². The molecule has 9 nitrogen and oxygen atoms in total. The molecule has 1 aromatic carbocycles. The molecule has 31 heavy (non-hydrogen) atoms. The highest BCUT2D eigenvalue weighted by atomic mass is 16.5. The Hall–Kier alpha value is -3.20. The van der Waals surface area contributed by atoms with Crippen LogP contribution in [0.3, 0.4) is 0 Å². The molecule has 0 unspecified atom stereocenters. The molecule has 0 aliphatic carbocycles. The number of hydrogen-bond acceptors (Lipinski definition) is 7. The molecule has 1 spiro atoms. The maximum atomic E-state index is 12.3. The van der Waals surface area contributed by atoms with Crippen molar-refractivity contribution in [2.45, 2.75) is 19.3 Å². The van der Waals surface area contributed by atoms with Crippen LogP contribution in [-0.2, 0) is 9.53 Å². The molecule has 2 saturated heterocycles. The van der Waals surface area contributed by atoms with E-state index >= 15 is 0 Å². The van der Waals surface area contributed by atoms with Gasteiger partial charge in [0.1, 0.15) is 30.2 Å². The number of benzene rings is 1. The summed E-state index contributed by atoms with van der Waals surface area (Å²) in [4.78, 5) is 23.4. The van der Waals surface area contributed by atoms with Crippen LogP contribution in [0, 0.1) is 5.41 Å². The predicted octanol–water partition coefficient (Wildman–Crippen LogP) is 2.15. The fraction of sp³-hybridized carbons (Fsp3) is 0.455. The number of carbonyl (C=O) groups excluding carboxylic acids is 1. The summed E-state index contributed by atoms with van der Waals surface area (Å²) in [5.74, 6) is 1.83. The van der Waals surface area contributed by atoms with E-state index in [0.29, 0.717) is 13.2 Å². The van der Waals surface area contributed by atoms with Gasteiger partial charge in [-0.2, -0.15) is 5.10 Å². The van der Waals surface area contributed by atoms with Gasteiger partial charge in [0.05, 0.1) is 23.2 Å². The fourth-order valence-corrected chi connectivity index (χ4v) is 4.53. The Morgan fingerprint density at radius 3 is 2.77 bits per heavy atom. The van der Waals surface area contributed by atoms with Gasteiger partial charge >= 0.3 is 0 Å². The number of ether oxygens (including phenoxy) is 2. The second-order valence-electron chi connectivity index (χ2n) is 8.16. The summed E-state index contributed by atoms with van der Waals surface area (Å²) in [7, 11) is 1.65. The number of piperidine rings is 1. The number of anilines is 1. The van der Waals surface area contributed by atoms with Crippen molar-refractivity contribution in [1.82, 2.24) is 25.5 Å². The summed E-state index contributed by atoms with van der Waals surface area (Å²) >= 11 is 0. The SMILES string of the molecule is COCCOc1ccc2[nH]nc(-c3cc(N4CCC5(CCNC5=O)CC4)ncn3)c2c1. The number of nitrogens with one attached hydrogen (secondary N) is 2. The second-order valence-corrected chi connectivity index (χ2v) is 8.16. The van der Waals surface area contributed by atoms with Crippen molar-refractivity contribution in [2.75, 3.05) is 44.9 Å². The van der Waals surface area contributed by atoms with Gasteiger partial charge < -0.3 is 19.7 Å². The standard InChI is InChI=1S/C22H26N6O3/c1-30-10-11-31-15-2-3-17-16(12-15)20(27-26-17)18-13-19(25-14-24-18)28-8-5-22(6-9-28)4-7-23-21(22)29/h2-3,12-14H,4-11H2,1H3,(H,23,29)(H,26,27). The molecule has 2 aliphatic rings. The number of nitrogens with zero attached hydrogens (tertiary/aromatic N) is 4. The topological polar surface area (TPSA) is 105 Å². The van der Waals surface area contributed by atoms with Crippen molar-refractivity contribution >= 4 is 22.6 Å². The maximum absolute atomic E-state index is 12.3. The van der Waals surface area contributed by atoms with E-state index in [0.717, 1.165) is 72.8 Å². The minimum atomic E-state index is -0.191. The van der Waals surface area contributed by atoms with Gasteiger partial charge in [0.2, 0.25) is 5.91 Å². The van der Waals surface area contributed by atoms with E-state index in [4.69, 9.17) is 9.47 Å². The first kappa shape index (κ1) is 19.7. The van der Waals surface area contributed by atoms with Gasteiger partial charge in [-0.05, 0) is 37.5 Å². The first-order valence-corrected chi connectivity index (χ1v) is 10.6. The molecule has 0 bridgehead atoms. The lowest BCUT2D eigenvalue weighted by Gasteiger charge is -2.37. The van der Waals surface area contributed by atoms with E-state index in [-0.39, 0.29) is 11.3 Å².